The highest BCUT2D eigenvalue weighted by Crippen LogP contribution is 2.14. The zero-order valence-electron chi connectivity index (χ0n) is 24.8. The first-order valence-corrected chi connectivity index (χ1v) is 13.9. The van der Waals surface area contributed by atoms with Gasteiger partial charge >= 0.3 is 12.1 Å². The maximum atomic E-state index is 11.8. The van der Waals surface area contributed by atoms with Gasteiger partial charge in [-0.3, -0.25) is 9.59 Å². The lowest BCUT2D eigenvalue weighted by atomic mass is 10.1. The first-order valence-electron chi connectivity index (χ1n) is 12.9. The quantitative estimate of drug-likeness (QED) is 0.168. The topological polar surface area (TPSA) is 158 Å². The molecule has 1 unspecified atom stereocenters. The fourth-order valence-electron chi connectivity index (χ4n) is 2.49. The molecule has 1 aromatic rings. The normalized spacial score (nSPS) is 10.9. The van der Waals surface area contributed by atoms with Crippen molar-refractivity contribution in [3.63, 3.8) is 0 Å². The van der Waals surface area contributed by atoms with Crippen molar-refractivity contribution in [2.75, 3.05) is 32.7 Å². The number of methoxy groups -OCH3 is 1. The van der Waals surface area contributed by atoms with Crippen molar-refractivity contribution < 1.29 is 33.4 Å². The van der Waals surface area contributed by atoms with Gasteiger partial charge in [0.25, 0.3) is 0 Å². The lowest BCUT2D eigenvalue weighted by Gasteiger charge is -2.19. The van der Waals surface area contributed by atoms with Crippen molar-refractivity contribution in [2.45, 2.75) is 78.7 Å². The van der Waals surface area contributed by atoms with Crippen LogP contribution in [0.15, 0.2) is 24.3 Å². The monoisotopic (exact) mass is 572 g/mol. The largest absolute Gasteiger partial charge is 0.492 e. The van der Waals surface area contributed by atoms with E-state index in [0.717, 1.165) is 11.4 Å². The van der Waals surface area contributed by atoms with E-state index >= 15 is 0 Å². The lowest BCUT2D eigenvalue weighted by Crippen LogP contribution is -2.45. The molecule has 39 heavy (non-hydrogen) atoms. The van der Waals surface area contributed by atoms with E-state index in [9.17, 15) is 19.2 Å². The molecule has 224 valence electrons. The molecular formula is C27H48N4O7S. The number of hydrogen-bond donors (Lipinski definition) is 4. The fourth-order valence-corrected chi connectivity index (χ4v) is 3.11. The minimum atomic E-state index is -0.814. The van der Waals surface area contributed by atoms with Gasteiger partial charge < -0.3 is 35.9 Å². The van der Waals surface area contributed by atoms with Crippen molar-refractivity contribution in [2.24, 2.45) is 5.73 Å². The summed E-state index contributed by atoms with van der Waals surface area (Å²) in [5.41, 5.74) is 5.53. The fraction of sp³-hybridized carbons (Fsp3) is 0.630. The van der Waals surface area contributed by atoms with Crippen molar-refractivity contribution in [3.05, 3.63) is 29.8 Å². The number of rotatable bonds is 12. The van der Waals surface area contributed by atoms with Gasteiger partial charge in [-0.05, 0) is 38.5 Å². The number of amides is 3. The van der Waals surface area contributed by atoms with Gasteiger partial charge in [0.15, 0.2) is 0 Å². The first kappa shape index (κ1) is 38.2. The van der Waals surface area contributed by atoms with Crippen LogP contribution in [0.3, 0.4) is 0 Å². The molecule has 1 atom stereocenters. The Hall–Kier alpha value is -2.99. The Bertz CT molecular complexity index is 844. The molecule has 0 saturated heterocycles. The molecule has 3 amide bonds. The van der Waals surface area contributed by atoms with E-state index in [1.807, 2.05) is 13.8 Å². The third kappa shape index (κ3) is 22.7. The zero-order valence-corrected chi connectivity index (χ0v) is 25.7. The maximum absolute atomic E-state index is 11.8. The lowest BCUT2D eigenvalue weighted by molar-refractivity contribution is -0.144. The average molecular weight is 573 g/mol. The predicted molar refractivity (Wildman–Crippen MR) is 156 cm³/mol. The van der Waals surface area contributed by atoms with Crippen molar-refractivity contribution in [3.8, 4) is 5.75 Å². The Kier molecular flexibility index (Phi) is 21.4. The predicted octanol–water partition coefficient (Wildman–Crippen LogP) is 3.00. The Balaban J connectivity index is 0. The zero-order chi connectivity index (χ0) is 30.4. The first-order chi connectivity index (χ1) is 18.3. The van der Waals surface area contributed by atoms with Crippen molar-refractivity contribution in [1.29, 1.82) is 0 Å². The van der Waals surface area contributed by atoms with Crippen LogP contribution in [0.25, 0.3) is 0 Å². The second kappa shape index (κ2) is 21.9. The highest BCUT2D eigenvalue weighted by molar-refractivity contribution is 7.99. The van der Waals surface area contributed by atoms with Crippen LogP contribution in [-0.4, -0.2) is 73.5 Å². The Labute approximate surface area is 237 Å². The smallest absolute Gasteiger partial charge is 0.407 e. The summed E-state index contributed by atoms with van der Waals surface area (Å²) in [7, 11) is 1.26. The van der Waals surface area contributed by atoms with Crippen molar-refractivity contribution in [1.82, 2.24) is 16.0 Å². The third-order valence-corrected chi connectivity index (χ3v) is 5.12. The van der Waals surface area contributed by atoms with Gasteiger partial charge in [-0.2, -0.15) is 0 Å². The highest BCUT2D eigenvalue weighted by Gasteiger charge is 2.21. The second-order valence-corrected chi connectivity index (χ2v) is 10.6. The standard InChI is InChI=1S/C19H29N3O6.C6H13NOS.C2H6/c1-19(2,3)28-18(25)21-9-10-27-14-7-5-13(6-8-14)11-15(17(24)26-4)22-16(23)12-20;1-5(2)9-4-7-6(3)8;1-2/h5-8,15H,9-12,20H2,1-4H3,(H,21,25)(H,22,23);5H,4H2,1-3H3,(H,7,8);1-2H3. The number of ether oxygens (including phenoxy) is 3. The second-order valence-electron chi connectivity index (χ2n) is 9.07. The number of esters is 1. The van der Waals surface area contributed by atoms with Crippen LogP contribution >= 0.6 is 11.8 Å². The number of benzene rings is 1. The van der Waals surface area contributed by atoms with Crippen LogP contribution < -0.4 is 26.4 Å². The van der Waals surface area contributed by atoms with E-state index in [1.165, 1.54) is 14.0 Å². The summed E-state index contributed by atoms with van der Waals surface area (Å²) in [6.45, 7) is 15.5. The van der Waals surface area contributed by atoms with Gasteiger partial charge in [0.2, 0.25) is 11.8 Å². The SMILES string of the molecule is CC.CC(=O)NCSC(C)C.COC(=O)C(Cc1ccc(OCCNC(=O)OC(C)(C)C)cc1)NC(=O)CN. The maximum Gasteiger partial charge on any atom is 0.407 e. The molecule has 11 nitrogen and oxygen atoms in total. The van der Waals surface area contributed by atoms with Gasteiger partial charge in [0.05, 0.1) is 26.1 Å². The third-order valence-electron chi connectivity index (χ3n) is 4.15. The van der Waals surface area contributed by atoms with E-state index < -0.39 is 29.6 Å². The van der Waals surface area contributed by atoms with Crippen LogP contribution in [-0.2, 0) is 30.3 Å². The molecule has 0 aliphatic rings. The number of nitrogens with two attached hydrogens (primary N) is 1. The molecule has 0 spiro atoms. The van der Waals surface area contributed by atoms with Crippen molar-refractivity contribution >= 4 is 35.6 Å². The molecule has 5 N–H and O–H groups in total. The molecule has 0 heterocycles. The van der Waals surface area contributed by atoms with Crippen LogP contribution in [0.4, 0.5) is 4.79 Å². The summed E-state index contributed by atoms with van der Waals surface area (Å²) >= 11 is 1.73. The Morgan fingerprint density at radius 1 is 1.03 bits per heavy atom. The van der Waals surface area contributed by atoms with Crippen LogP contribution in [0.2, 0.25) is 0 Å². The number of hydrogen-bond acceptors (Lipinski definition) is 9. The van der Waals surface area contributed by atoms with Crippen LogP contribution in [0, 0.1) is 0 Å². The summed E-state index contributed by atoms with van der Waals surface area (Å²) < 4.78 is 15.4. The summed E-state index contributed by atoms with van der Waals surface area (Å²) in [6, 6.07) is 6.22. The Morgan fingerprint density at radius 3 is 2.08 bits per heavy atom. The molecule has 0 bridgehead atoms. The van der Waals surface area contributed by atoms with E-state index in [2.05, 4.69) is 29.8 Å². The summed E-state index contributed by atoms with van der Waals surface area (Å²) in [5.74, 6) is 0.397. The summed E-state index contributed by atoms with van der Waals surface area (Å²) in [6.07, 6.45) is -0.237. The molecule has 0 fully saturated rings. The van der Waals surface area contributed by atoms with E-state index in [0.29, 0.717) is 17.5 Å². The van der Waals surface area contributed by atoms with Gasteiger partial charge in [0.1, 0.15) is 24.0 Å². The molecule has 1 aromatic carbocycles. The van der Waals surface area contributed by atoms with Gasteiger partial charge in [-0.15, -0.1) is 11.8 Å². The molecule has 0 aliphatic carbocycles. The van der Waals surface area contributed by atoms with Crippen LogP contribution in [0.5, 0.6) is 5.75 Å². The number of carbonyl (C=O) groups is 4. The molecule has 0 aliphatic heterocycles. The summed E-state index contributed by atoms with van der Waals surface area (Å²) in [5, 5.41) is 8.42. The average Bonchev–Trinajstić information content (AvgIpc) is 2.86. The number of alkyl carbamates (subject to hydrolysis) is 1. The minimum Gasteiger partial charge on any atom is -0.492 e. The van der Waals surface area contributed by atoms with Crippen LogP contribution in [0.1, 0.15) is 61.0 Å². The van der Waals surface area contributed by atoms with E-state index in [-0.39, 0.29) is 25.5 Å². The molecule has 0 aromatic heterocycles. The molecule has 0 radical (unpaired) electrons. The van der Waals surface area contributed by atoms with Gasteiger partial charge in [-0.25, -0.2) is 9.59 Å². The van der Waals surface area contributed by atoms with Gasteiger partial charge in [-0.1, -0.05) is 39.8 Å². The molecule has 1 rings (SSSR count). The van der Waals surface area contributed by atoms with E-state index in [1.54, 1.807) is 56.8 Å². The van der Waals surface area contributed by atoms with Gasteiger partial charge in [0, 0.05) is 18.6 Å². The molecular weight excluding hydrogens is 524 g/mol. The minimum absolute atomic E-state index is 0.0446. The molecule has 0 saturated carbocycles. The summed E-state index contributed by atoms with van der Waals surface area (Å²) in [4.78, 5) is 45.1. The highest BCUT2D eigenvalue weighted by atomic mass is 32.2. The van der Waals surface area contributed by atoms with E-state index in [4.69, 9.17) is 19.9 Å². The number of carbonyl (C=O) groups excluding carboxylic acids is 4. The number of thioether (sulfide) groups is 1. The number of nitrogens with one attached hydrogen (secondary N) is 3. The Morgan fingerprint density at radius 2 is 1.62 bits per heavy atom. The molecule has 12 heteroatoms.